The molecule has 2 aliphatic rings. The number of anilines is 1. The van der Waals surface area contributed by atoms with Crippen molar-refractivity contribution in [3.05, 3.63) is 17.6 Å². The zero-order valence-electron chi connectivity index (χ0n) is 12.2. The summed E-state index contributed by atoms with van der Waals surface area (Å²) in [6.45, 7) is 1.66. The van der Waals surface area contributed by atoms with Crippen LogP contribution in [0.15, 0.2) is 6.20 Å². The molecule has 1 saturated heterocycles. The van der Waals surface area contributed by atoms with E-state index in [-0.39, 0.29) is 24.5 Å². The van der Waals surface area contributed by atoms with Crippen molar-refractivity contribution in [2.75, 3.05) is 18.8 Å². The molecular formula is C14H17F3N4O. The Morgan fingerprint density at radius 3 is 2.59 bits per heavy atom. The molecule has 0 unspecified atom stereocenters. The normalized spacial score (nSPS) is 20.6. The number of nitrogens with two attached hydrogens (primary N) is 1. The topological polar surface area (TPSA) is 72.1 Å². The van der Waals surface area contributed by atoms with Gasteiger partial charge in [-0.25, -0.2) is 9.97 Å². The summed E-state index contributed by atoms with van der Waals surface area (Å²) in [4.78, 5) is 21.9. The number of hydrogen-bond donors (Lipinski definition) is 1. The molecule has 1 aliphatic heterocycles. The zero-order chi connectivity index (χ0) is 16.1. The molecule has 1 saturated carbocycles. The third kappa shape index (κ3) is 3.00. The molecule has 1 amide bonds. The van der Waals surface area contributed by atoms with Gasteiger partial charge in [0.15, 0.2) is 0 Å². The second-order valence-electron chi connectivity index (χ2n) is 6.57. The molecule has 120 valence electrons. The molecule has 3 rings (SSSR count). The summed E-state index contributed by atoms with van der Waals surface area (Å²) in [5, 5.41) is 0. The fraction of sp³-hybridized carbons (Fsp3) is 0.643. The standard InChI is InChI=1S/C14H17F3N4O/c1-13(5-14(15,16)17)6-21(7-13)12(22)9-4-19-11(8-2-3-8)20-10(9)18/h4,8H,2-3,5-7H2,1H3,(H2,18,19,20). The summed E-state index contributed by atoms with van der Waals surface area (Å²) in [6.07, 6.45) is -1.69. The van der Waals surface area contributed by atoms with E-state index in [1.165, 1.54) is 18.0 Å². The van der Waals surface area contributed by atoms with Gasteiger partial charge in [-0.2, -0.15) is 13.2 Å². The van der Waals surface area contributed by atoms with E-state index in [0.29, 0.717) is 11.7 Å². The van der Waals surface area contributed by atoms with Crippen molar-refractivity contribution in [2.24, 2.45) is 5.41 Å². The van der Waals surface area contributed by atoms with E-state index in [2.05, 4.69) is 9.97 Å². The van der Waals surface area contributed by atoms with E-state index in [0.717, 1.165) is 12.8 Å². The Kier molecular flexibility index (Phi) is 3.30. The van der Waals surface area contributed by atoms with Gasteiger partial charge >= 0.3 is 6.18 Å². The summed E-state index contributed by atoms with van der Waals surface area (Å²) in [6, 6.07) is 0. The molecule has 22 heavy (non-hydrogen) atoms. The third-order valence-corrected chi connectivity index (χ3v) is 4.07. The van der Waals surface area contributed by atoms with Crippen LogP contribution in [-0.2, 0) is 0 Å². The van der Waals surface area contributed by atoms with Crippen molar-refractivity contribution >= 4 is 11.7 Å². The summed E-state index contributed by atoms with van der Waals surface area (Å²) in [5.74, 6) is 0.663. The highest BCUT2D eigenvalue weighted by atomic mass is 19.4. The van der Waals surface area contributed by atoms with Gasteiger partial charge in [0.2, 0.25) is 0 Å². The minimum atomic E-state index is -4.22. The van der Waals surface area contributed by atoms with Gasteiger partial charge in [0, 0.05) is 30.6 Å². The molecule has 0 atom stereocenters. The Balaban J connectivity index is 1.66. The van der Waals surface area contributed by atoms with Gasteiger partial charge in [-0.3, -0.25) is 4.79 Å². The Labute approximate surface area is 125 Å². The summed E-state index contributed by atoms with van der Waals surface area (Å²) >= 11 is 0. The quantitative estimate of drug-likeness (QED) is 0.929. The maximum absolute atomic E-state index is 12.5. The van der Waals surface area contributed by atoms with Crippen molar-refractivity contribution in [1.29, 1.82) is 0 Å². The molecule has 0 spiro atoms. The molecule has 5 nitrogen and oxygen atoms in total. The van der Waals surface area contributed by atoms with Crippen LogP contribution >= 0.6 is 0 Å². The molecule has 0 bridgehead atoms. The summed E-state index contributed by atoms with van der Waals surface area (Å²) in [7, 11) is 0. The lowest BCUT2D eigenvalue weighted by Gasteiger charge is -2.48. The highest BCUT2D eigenvalue weighted by Crippen LogP contribution is 2.41. The lowest BCUT2D eigenvalue weighted by Crippen LogP contribution is -2.58. The Morgan fingerprint density at radius 2 is 2.09 bits per heavy atom. The van der Waals surface area contributed by atoms with Gasteiger partial charge in [-0.1, -0.05) is 6.92 Å². The van der Waals surface area contributed by atoms with E-state index >= 15 is 0 Å². The smallest absolute Gasteiger partial charge is 0.383 e. The molecule has 1 aromatic rings. The predicted molar refractivity (Wildman–Crippen MR) is 73.1 cm³/mol. The first-order valence-electron chi connectivity index (χ1n) is 7.15. The Morgan fingerprint density at radius 1 is 1.45 bits per heavy atom. The molecule has 2 N–H and O–H groups in total. The lowest BCUT2D eigenvalue weighted by molar-refractivity contribution is -0.172. The van der Waals surface area contributed by atoms with Crippen LogP contribution < -0.4 is 5.73 Å². The molecule has 0 radical (unpaired) electrons. The fourth-order valence-corrected chi connectivity index (χ4v) is 2.90. The maximum atomic E-state index is 12.5. The first-order valence-corrected chi connectivity index (χ1v) is 7.15. The van der Waals surface area contributed by atoms with Gasteiger partial charge in [-0.05, 0) is 12.8 Å². The number of halogens is 3. The van der Waals surface area contributed by atoms with Crippen LogP contribution in [0.5, 0.6) is 0 Å². The Bertz CT molecular complexity index is 607. The van der Waals surface area contributed by atoms with E-state index in [1.54, 1.807) is 0 Å². The number of amides is 1. The van der Waals surface area contributed by atoms with E-state index < -0.39 is 23.9 Å². The molecule has 2 fully saturated rings. The largest absolute Gasteiger partial charge is 0.389 e. The number of alkyl halides is 3. The second-order valence-corrected chi connectivity index (χ2v) is 6.57. The van der Waals surface area contributed by atoms with Crippen LogP contribution in [0.2, 0.25) is 0 Å². The number of rotatable bonds is 3. The summed E-state index contributed by atoms with van der Waals surface area (Å²) < 4.78 is 37.4. The van der Waals surface area contributed by atoms with Crippen molar-refractivity contribution in [1.82, 2.24) is 14.9 Å². The van der Waals surface area contributed by atoms with Crippen LogP contribution in [0.3, 0.4) is 0 Å². The van der Waals surface area contributed by atoms with Gasteiger partial charge < -0.3 is 10.6 Å². The van der Waals surface area contributed by atoms with E-state index in [1.807, 2.05) is 0 Å². The predicted octanol–water partition coefficient (Wildman–Crippen LogP) is 2.35. The van der Waals surface area contributed by atoms with Crippen LogP contribution in [0.4, 0.5) is 19.0 Å². The molecule has 0 aromatic carbocycles. The maximum Gasteiger partial charge on any atom is 0.389 e. The number of nitrogens with zero attached hydrogens (tertiary/aromatic N) is 3. The highest BCUT2D eigenvalue weighted by molar-refractivity contribution is 5.98. The fourth-order valence-electron chi connectivity index (χ4n) is 2.90. The van der Waals surface area contributed by atoms with E-state index in [4.69, 9.17) is 5.73 Å². The lowest BCUT2D eigenvalue weighted by atomic mass is 9.78. The SMILES string of the molecule is CC1(CC(F)(F)F)CN(C(=O)c2cnc(C3CC3)nc2N)C1. The number of hydrogen-bond acceptors (Lipinski definition) is 4. The van der Waals surface area contributed by atoms with Crippen molar-refractivity contribution < 1.29 is 18.0 Å². The number of carbonyl (C=O) groups is 1. The zero-order valence-corrected chi connectivity index (χ0v) is 12.2. The van der Waals surface area contributed by atoms with Gasteiger partial charge in [0.25, 0.3) is 5.91 Å². The van der Waals surface area contributed by atoms with Crippen molar-refractivity contribution in [3.63, 3.8) is 0 Å². The average Bonchev–Trinajstić information content (AvgIpc) is 3.17. The number of carbonyl (C=O) groups excluding carboxylic acids is 1. The monoisotopic (exact) mass is 314 g/mol. The molecule has 1 aliphatic carbocycles. The first kappa shape index (κ1) is 15.1. The summed E-state index contributed by atoms with van der Waals surface area (Å²) in [5.41, 5.74) is 5.04. The molecular weight excluding hydrogens is 297 g/mol. The van der Waals surface area contributed by atoms with Crippen LogP contribution in [0, 0.1) is 5.41 Å². The van der Waals surface area contributed by atoms with Crippen molar-refractivity contribution in [3.8, 4) is 0 Å². The average molecular weight is 314 g/mol. The van der Waals surface area contributed by atoms with Gasteiger partial charge in [-0.15, -0.1) is 0 Å². The minimum absolute atomic E-state index is 0.0646. The molecule has 2 heterocycles. The second kappa shape index (κ2) is 4.82. The first-order chi connectivity index (χ1) is 10.2. The third-order valence-electron chi connectivity index (χ3n) is 4.07. The highest BCUT2D eigenvalue weighted by Gasteiger charge is 2.48. The van der Waals surface area contributed by atoms with Crippen LogP contribution in [0.1, 0.15) is 48.3 Å². The Hall–Kier alpha value is -1.86. The van der Waals surface area contributed by atoms with Crippen molar-refractivity contribution in [2.45, 2.75) is 38.3 Å². The number of aromatic nitrogens is 2. The number of nitrogen functional groups attached to an aromatic ring is 1. The minimum Gasteiger partial charge on any atom is -0.383 e. The van der Waals surface area contributed by atoms with Gasteiger partial charge in [0.1, 0.15) is 17.2 Å². The van der Waals surface area contributed by atoms with Crippen LogP contribution in [0.25, 0.3) is 0 Å². The number of likely N-dealkylation sites (tertiary alicyclic amines) is 1. The van der Waals surface area contributed by atoms with Crippen LogP contribution in [-0.4, -0.2) is 40.0 Å². The molecule has 8 heteroatoms. The van der Waals surface area contributed by atoms with Gasteiger partial charge in [0.05, 0.1) is 6.42 Å². The van der Waals surface area contributed by atoms with E-state index in [9.17, 15) is 18.0 Å². The molecule has 1 aromatic heterocycles.